The molecular weight excluding hydrogens is 394 g/mol. The van der Waals surface area contributed by atoms with E-state index in [1.165, 1.54) is 28.6 Å². The van der Waals surface area contributed by atoms with Crippen LogP contribution in [0.2, 0.25) is 0 Å². The molecule has 1 saturated heterocycles. The Hall–Kier alpha value is -3.04. The molecule has 2 aliphatic rings. The first-order valence-corrected chi connectivity index (χ1v) is 10.6. The van der Waals surface area contributed by atoms with Crippen LogP contribution in [0, 0.1) is 6.92 Å². The highest BCUT2D eigenvalue weighted by atomic mass is 32.2. The van der Waals surface area contributed by atoms with Crippen LogP contribution in [0.25, 0.3) is 0 Å². The zero-order valence-corrected chi connectivity index (χ0v) is 16.5. The first-order valence-electron chi connectivity index (χ1n) is 9.17. The Bertz CT molecular complexity index is 1130. The van der Waals surface area contributed by atoms with E-state index in [-0.39, 0.29) is 28.3 Å². The van der Waals surface area contributed by atoms with Crippen molar-refractivity contribution in [1.82, 2.24) is 9.62 Å². The van der Waals surface area contributed by atoms with Crippen molar-refractivity contribution in [3.05, 3.63) is 59.2 Å². The van der Waals surface area contributed by atoms with Gasteiger partial charge < -0.3 is 5.32 Å². The van der Waals surface area contributed by atoms with Crippen LogP contribution in [0.3, 0.4) is 0 Å². The van der Waals surface area contributed by atoms with Crippen LogP contribution in [0.5, 0.6) is 0 Å². The van der Waals surface area contributed by atoms with Crippen molar-refractivity contribution in [2.45, 2.75) is 30.7 Å². The quantitative estimate of drug-likeness (QED) is 0.741. The summed E-state index contributed by atoms with van der Waals surface area (Å²) in [7, 11) is -3.83. The van der Waals surface area contributed by atoms with E-state index in [0.29, 0.717) is 12.8 Å². The molecule has 2 aliphatic heterocycles. The number of imide groups is 1. The number of benzene rings is 2. The Labute approximate surface area is 168 Å². The minimum atomic E-state index is -3.83. The monoisotopic (exact) mass is 413 g/mol. The number of hydrogen-bond donors (Lipinski definition) is 2. The Morgan fingerprint density at radius 1 is 1.10 bits per heavy atom. The van der Waals surface area contributed by atoms with Crippen LogP contribution in [0.15, 0.2) is 47.4 Å². The third-order valence-electron chi connectivity index (χ3n) is 5.15. The lowest BCUT2D eigenvalue weighted by Gasteiger charge is -2.23. The summed E-state index contributed by atoms with van der Waals surface area (Å²) in [6, 6.07) is 10.1. The van der Waals surface area contributed by atoms with Crippen molar-refractivity contribution in [1.29, 1.82) is 0 Å². The third kappa shape index (κ3) is 3.32. The largest absolute Gasteiger partial charge is 0.324 e. The van der Waals surface area contributed by atoms with Gasteiger partial charge in [0, 0.05) is 6.54 Å². The molecule has 0 spiro atoms. The minimum Gasteiger partial charge on any atom is -0.324 e. The van der Waals surface area contributed by atoms with Gasteiger partial charge in [0.1, 0.15) is 6.04 Å². The van der Waals surface area contributed by atoms with Crippen molar-refractivity contribution in [3.8, 4) is 0 Å². The third-order valence-corrected chi connectivity index (χ3v) is 7.08. The normalized spacial score (nSPS) is 19.1. The van der Waals surface area contributed by atoms with E-state index in [1.54, 1.807) is 18.2 Å². The summed E-state index contributed by atoms with van der Waals surface area (Å²) in [5, 5.41) is 4.83. The number of hydrogen-bond acceptors (Lipinski definition) is 5. The van der Waals surface area contributed by atoms with Crippen LogP contribution in [-0.4, -0.2) is 43.0 Å². The van der Waals surface area contributed by atoms with Crippen molar-refractivity contribution >= 4 is 33.4 Å². The smallest absolute Gasteiger partial charge is 0.261 e. The molecule has 4 rings (SSSR count). The number of carbonyl (C=O) groups excluding carboxylic acids is 3. The standard InChI is InChI=1S/C20H19N3O5S/c1-12-7-9-13(10-8-12)29(27,28)23-11-3-6-16(23)19(25)21-15-5-2-4-14-17(15)20(26)22-18(14)24/h2,4-5,7-10,16H,3,6,11H2,1H3,(H,21,25)(H,22,24,26). The van der Waals surface area contributed by atoms with Gasteiger partial charge in [0.25, 0.3) is 11.8 Å². The van der Waals surface area contributed by atoms with Crippen molar-refractivity contribution in [2.24, 2.45) is 0 Å². The molecule has 0 aromatic heterocycles. The zero-order chi connectivity index (χ0) is 20.8. The molecule has 8 nitrogen and oxygen atoms in total. The molecule has 9 heteroatoms. The number of nitrogens with zero attached hydrogens (tertiary/aromatic N) is 1. The molecule has 2 aromatic rings. The molecule has 3 amide bonds. The van der Waals surface area contributed by atoms with Crippen LogP contribution in [-0.2, 0) is 14.8 Å². The minimum absolute atomic E-state index is 0.0942. The van der Waals surface area contributed by atoms with E-state index in [4.69, 9.17) is 0 Å². The molecule has 0 saturated carbocycles. The maximum atomic E-state index is 13.0. The zero-order valence-electron chi connectivity index (χ0n) is 15.6. The van der Waals surface area contributed by atoms with Crippen molar-refractivity contribution in [3.63, 3.8) is 0 Å². The Morgan fingerprint density at radius 3 is 2.55 bits per heavy atom. The summed E-state index contributed by atoms with van der Waals surface area (Å²) >= 11 is 0. The average molecular weight is 413 g/mol. The number of anilines is 1. The van der Waals surface area contributed by atoms with E-state index in [2.05, 4.69) is 10.6 Å². The molecular formula is C20H19N3O5S. The lowest BCUT2D eigenvalue weighted by molar-refractivity contribution is -0.119. The second kappa shape index (κ2) is 7.09. The SMILES string of the molecule is Cc1ccc(S(=O)(=O)N2CCCC2C(=O)Nc2cccc3c2C(=O)NC3=O)cc1. The summed E-state index contributed by atoms with van der Waals surface area (Å²) in [5.41, 5.74) is 1.40. The van der Waals surface area contributed by atoms with Gasteiger partial charge in [0.2, 0.25) is 15.9 Å². The molecule has 0 radical (unpaired) electrons. The highest BCUT2D eigenvalue weighted by Crippen LogP contribution is 2.29. The van der Waals surface area contributed by atoms with E-state index >= 15 is 0 Å². The highest BCUT2D eigenvalue weighted by molar-refractivity contribution is 7.89. The fourth-order valence-electron chi connectivity index (χ4n) is 3.67. The average Bonchev–Trinajstić information content (AvgIpc) is 3.28. The number of sulfonamides is 1. The van der Waals surface area contributed by atoms with E-state index in [1.807, 2.05) is 6.92 Å². The van der Waals surface area contributed by atoms with Crippen LogP contribution in [0.4, 0.5) is 5.69 Å². The van der Waals surface area contributed by atoms with Crippen LogP contribution < -0.4 is 10.6 Å². The second-order valence-electron chi connectivity index (χ2n) is 7.09. The van der Waals surface area contributed by atoms with Gasteiger partial charge in [-0.2, -0.15) is 4.31 Å². The Kier molecular flexibility index (Phi) is 4.71. The summed E-state index contributed by atoms with van der Waals surface area (Å²) in [5.74, 6) is -1.64. The molecule has 1 unspecified atom stereocenters. The number of amides is 3. The lowest BCUT2D eigenvalue weighted by atomic mass is 10.1. The molecule has 0 bridgehead atoms. The predicted molar refractivity (Wildman–Crippen MR) is 105 cm³/mol. The van der Waals surface area contributed by atoms with Gasteiger partial charge in [-0.1, -0.05) is 23.8 Å². The van der Waals surface area contributed by atoms with Crippen molar-refractivity contribution < 1.29 is 22.8 Å². The molecule has 2 N–H and O–H groups in total. The summed E-state index contributed by atoms with van der Waals surface area (Å²) in [4.78, 5) is 36.9. The maximum absolute atomic E-state index is 13.0. The summed E-state index contributed by atoms with van der Waals surface area (Å²) in [6.07, 6.45) is 0.923. The first kappa shape index (κ1) is 19.3. The predicted octanol–water partition coefficient (Wildman–Crippen LogP) is 1.67. The van der Waals surface area contributed by atoms with Crippen LogP contribution >= 0.6 is 0 Å². The Morgan fingerprint density at radius 2 is 1.83 bits per heavy atom. The highest BCUT2D eigenvalue weighted by Gasteiger charge is 2.40. The molecule has 2 aromatic carbocycles. The molecule has 2 heterocycles. The van der Waals surface area contributed by atoms with Gasteiger partial charge in [-0.25, -0.2) is 8.42 Å². The van der Waals surface area contributed by atoms with Gasteiger partial charge in [0.05, 0.1) is 21.7 Å². The molecule has 1 atom stereocenters. The van der Waals surface area contributed by atoms with Crippen LogP contribution in [0.1, 0.15) is 39.1 Å². The fraction of sp³-hybridized carbons (Fsp3) is 0.250. The van der Waals surface area contributed by atoms with Gasteiger partial charge in [-0.05, 0) is 44.0 Å². The van der Waals surface area contributed by atoms with Gasteiger partial charge in [-0.15, -0.1) is 0 Å². The van der Waals surface area contributed by atoms with E-state index in [9.17, 15) is 22.8 Å². The van der Waals surface area contributed by atoms with Gasteiger partial charge in [-0.3, -0.25) is 19.7 Å². The number of fused-ring (bicyclic) bond motifs is 1. The molecule has 1 fully saturated rings. The Balaban J connectivity index is 1.61. The fourth-order valence-corrected chi connectivity index (χ4v) is 5.33. The second-order valence-corrected chi connectivity index (χ2v) is 8.98. The summed E-state index contributed by atoms with van der Waals surface area (Å²) in [6.45, 7) is 2.10. The number of nitrogens with one attached hydrogen (secondary N) is 2. The van der Waals surface area contributed by atoms with Crippen molar-refractivity contribution in [2.75, 3.05) is 11.9 Å². The lowest BCUT2D eigenvalue weighted by Crippen LogP contribution is -2.43. The number of rotatable bonds is 4. The van der Waals surface area contributed by atoms with Gasteiger partial charge >= 0.3 is 0 Å². The molecule has 0 aliphatic carbocycles. The van der Waals surface area contributed by atoms with Gasteiger partial charge in [0.15, 0.2) is 0 Å². The van der Waals surface area contributed by atoms with E-state index < -0.39 is 33.8 Å². The molecule has 29 heavy (non-hydrogen) atoms. The number of carbonyl (C=O) groups is 3. The molecule has 150 valence electrons. The topological polar surface area (TPSA) is 113 Å². The van der Waals surface area contributed by atoms with E-state index in [0.717, 1.165) is 5.56 Å². The first-order chi connectivity index (χ1) is 13.8. The summed E-state index contributed by atoms with van der Waals surface area (Å²) < 4.78 is 27.3. The number of aryl methyl sites for hydroxylation is 1. The maximum Gasteiger partial charge on any atom is 0.261 e.